The Labute approximate surface area is 195 Å². The zero-order valence-electron chi connectivity index (χ0n) is 17.7. The molecule has 33 heavy (non-hydrogen) atoms. The molecule has 162 valence electrons. The van der Waals surface area contributed by atoms with Crippen molar-refractivity contribution in [3.05, 3.63) is 101 Å². The minimum absolute atomic E-state index is 0.277. The monoisotopic (exact) mass is 454 g/mol. The number of hydrogen-bond donors (Lipinski definition) is 1. The third-order valence-corrected chi connectivity index (χ3v) is 5.52. The minimum atomic E-state index is -0.277. The topological polar surface area (TPSA) is 73.0 Å². The average Bonchev–Trinajstić information content (AvgIpc) is 3.47. The highest BCUT2D eigenvalue weighted by Gasteiger charge is 2.08. The Morgan fingerprint density at radius 1 is 0.970 bits per heavy atom. The van der Waals surface area contributed by atoms with Gasteiger partial charge in [0.1, 0.15) is 22.6 Å². The maximum absolute atomic E-state index is 12.4. The van der Waals surface area contributed by atoms with E-state index in [0.717, 1.165) is 22.3 Å². The number of nitrogens with one attached hydrogen (secondary N) is 1. The highest BCUT2D eigenvalue weighted by molar-refractivity contribution is 6.31. The first-order valence-electron chi connectivity index (χ1n) is 10.3. The maximum Gasteiger partial charge on any atom is 0.248 e. The van der Waals surface area contributed by atoms with Crippen molar-refractivity contribution in [2.45, 2.75) is 6.92 Å². The Kier molecular flexibility index (Phi) is 5.50. The number of nitrogens with zero attached hydrogens (tertiary/aromatic N) is 3. The number of anilines is 1. The Hall–Kier alpha value is -4.16. The molecule has 0 fully saturated rings. The lowest BCUT2D eigenvalue weighted by molar-refractivity contribution is -0.111. The zero-order valence-corrected chi connectivity index (χ0v) is 18.5. The molecule has 0 atom stereocenters. The van der Waals surface area contributed by atoms with Crippen LogP contribution in [0.5, 0.6) is 0 Å². The summed E-state index contributed by atoms with van der Waals surface area (Å²) >= 11 is 6.20. The minimum Gasteiger partial charge on any atom is -0.457 e. The first kappa shape index (κ1) is 20.7. The number of rotatable bonds is 5. The molecule has 0 radical (unpaired) electrons. The van der Waals surface area contributed by atoms with E-state index in [1.807, 2.05) is 67.6 Å². The molecule has 3 aromatic carbocycles. The van der Waals surface area contributed by atoms with Gasteiger partial charge in [-0.2, -0.15) is 4.80 Å². The van der Waals surface area contributed by atoms with Gasteiger partial charge >= 0.3 is 0 Å². The first-order valence-corrected chi connectivity index (χ1v) is 10.7. The number of para-hydroxylation sites is 1. The summed E-state index contributed by atoms with van der Waals surface area (Å²) in [5.41, 5.74) is 4.82. The van der Waals surface area contributed by atoms with E-state index in [1.54, 1.807) is 29.1 Å². The van der Waals surface area contributed by atoms with Crippen LogP contribution in [0.15, 0.2) is 89.4 Å². The molecule has 0 bridgehead atoms. The molecule has 0 aliphatic carbocycles. The van der Waals surface area contributed by atoms with Crippen LogP contribution in [0.3, 0.4) is 0 Å². The number of carbonyl (C=O) groups excluding carboxylic acids is 1. The second-order valence-corrected chi connectivity index (χ2v) is 7.92. The van der Waals surface area contributed by atoms with E-state index in [2.05, 4.69) is 15.5 Å². The summed E-state index contributed by atoms with van der Waals surface area (Å²) < 4.78 is 5.82. The van der Waals surface area contributed by atoms with Crippen molar-refractivity contribution in [2.24, 2.45) is 0 Å². The molecule has 0 aliphatic rings. The normalized spacial score (nSPS) is 11.3. The molecule has 0 saturated heterocycles. The highest BCUT2D eigenvalue weighted by Crippen LogP contribution is 2.27. The number of amides is 1. The summed E-state index contributed by atoms with van der Waals surface area (Å²) in [4.78, 5) is 14.0. The average molecular weight is 455 g/mol. The van der Waals surface area contributed by atoms with Gasteiger partial charge in [-0.15, -0.1) is 10.2 Å². The summed E-state index contributed by atoms with van der Waals surface area (Å²) in [5, 5.41) is 12.5. The van der Waals surface area contributed by atoms with E-state index in [1.165, 1.54) is 6.08 Å². The van der Waals surface area contributed by atoms with Gasteiger partial charge < -0.3 is 9.73 Å². The number of hydrogen-bond acceptors (Lipinski definition) is 4. The number of fused-ring (bicyclic) bond motifs is 1. The molecule has 5 rings (SSSR count). The first-order chi connectivity index (χ1) is 16.0. The van der Waals surface area contributed by atoms with E-state index in [0.29, 0.717) is 27.7 Å². The second-order valence-electron chi connectivity index (χ2n) is 7.52. The summed E-state index contributed by atoms with van der Waals surface area (Å²) in [6, 6.07) is 24.5. The number of halogens is 1. The number of aryl methyl sites for hydroxylation is 1. The lowest BCUT2D eigenvalue weighted by Gasteiger charge is -2.01. The Balaban J connectivity index is 1.28. The number of aromatic nitrogens is 3. The summed E-state index contributed by atoms with van der Waals surface area (Å²) in [6.07, 6.45) is 3.05. The van der Waals surface area contributed by atoms with Gasteiger partial charge in [-0.25, -0.2) is 0 Å². The molecule has 2 heterocycles. The van der Waals surface area contributed by atoms with Crippen molar-refractivity contribution < 1.29 is 9.21 Å². The fourth-order valence-electron chi connectivity index (χ4n) is 3.35. The van der Waals surface area contributed by atoms with Crippen LogP contribution >= 0.6 is 11.6 Å². The maximum atomic E-state index is 12.4. The number of furan rings is 1. The highest BCUT2D eigenvalue weighted by atomic mass is 35.5. The van der Waals surface area contributed by atoms with Crippen molar-refractivity contribution in [1.82, 2.24) is 15.0 Å². The van der Waals surface area contributed by atoms with Crippen LogP contribution in [-0.2, 0) is 4.79 Å². The van der Waals surface area contributed by atoms with Crippen LogP contribution in [0.1, 0.15) is 11.3 Å². The van der Waals surface area contributed by atoms with Crippen LogP contribution in [-0.4, -0.2) is 20.9 Å². The quantitative estimate of drug-likeness (QED) is 0.316. The van der Waals surface area contributed by atoms with Crippen molar-refractivity contribution in [2.75, 3.05) is 5.32 Å². The molecule has 0 saturated carbocycles. The molecule has 7 heteroatoms. The molecule has 5 aromatic rings. The third-order valence-electron chi connectivity index (χ3n) is 5.12. The van der Waals surface area contributed by atoms with Gasteiger partial charge in [-0.05, 0) is 67.1 Å². The molecule has 0 spiro atoms. The molecule has 2 aromatic heterocycles. The molecule has 0 unspecified atom stereocenters. The zero-order chi connectivity index (χ0) is 22.8. The summed E-state index contributed by atoms with van der Waals surface area (Å²) in [5.74, 6) is 0.975. The van der Waals surface area contributed by atoms with Gasteiger partial charge in [0.2, 0.25) is 5.91 Å². The number of carbonyl (C=O) groups is 1. The Bertz CT molecular complexity index is 1490. The van der Waals surface area contributed by atoms with Crippen LogP contribution in [0.25, 0.3) is 34.1 Å². The SMILES string of the molecule is Cc1ccc(-c2ccc(C=CC(=O)Nc3ccc4nn(-c5ccccc5)nc4c3)o2)cc1Cl. The van der Waals surface area contributed by atoms with E-state index in [-0.39, 0.29) is 5.91 Å². The van der Waals surface area contributed by atoms with Gasteiger partial charge in [-0.3, -0.25) is 4.79 Å². The van der Waals surface area contributed by atoms with Crippen molar-refractivity contribution in [3.63, 3.8) is 0 Å². The van der Waals surface area contributed by atoms with Crippen LogP contribution in [0.2, 0.25) is 5.02 Å². The lowest BCUT2D eigenvalue weighted by Crippen LogP contribution is -2.07. The summed E-state index contributed by atoms with van der Waals surface area (Å²) in [7, 11) is 0. The number of benzene rings is 3. The fourth-order valence-corrected chi connectivity index (χ4v) is 3.54. The van der Waals surface area contributed by atoms with Gasteiger partial charge in [-0.1, -0.05) is 41.9 Å². The van der Waals surface area contributed by atoms with Gasteiger partial charge in [0.15, 0.2) is 0 Å². The van der Waals surface area contributed by atoms with Crippen molar-refractivity contribution >= 4 is 40.3 Å². The molecular weight excluding hydrogens is 436 g/mol. The molecule has 0 aliphatic heterocycles. The van der Waals surface area contributed by atoms with Gasteiger partial charge in [0, 0.05) is 22.3 Å². The van der Waals surface area contributed by atoms with E-state index in [4.69, 9.17) is 16.0 Å². The van der Waals surface area contributed by atoms with E-state index in [9.17, 15) is 4.79 Å². The summed E-state index contributed by atoms with van der Waals surface area (Å²) in [6.45, 7) is 1.95. The molecule has 6 nitrogen and oxygen atoms in total. The third kappa shape index (κ3) is 4.56. The fraction of sp³-hybridized carbons (Fsp3) is 0.0385. The van der Waals surface area contributed by atoms with Crippen LogP contribution < -0.4 is 5.32 Å². The van der Waals surface area contributed by atoms with Crippen LogP contribution in [0.4, 0.5) is 5.69 Å². The molecule has 1 N–H and O–H groups in total. The Morgan fingerprint density at radius 2 is 1.79 bits per heavy atom. The van der Waals surface area contributed by atoms with E-state index >= 15 is 0 Å². The largest absolute Gasteiger partial charge is 0.457 e. The predicted molar refractivity (Wildman–Crippen MR) is 130 cm³/mol. The molecular formula is C26H19ClN4O2. The van der Waals surface area contributed by atoms with Crippen molar-refractivity contribution in [1.29, 1.82) is 0 Å². The lowest BCUT2D eigenvalue weighted by atomic mass is 10.1. The molecule has 1 amide bonds. The predicted octanol–water partition coefficient (Wildman–Crippen LogP) is 6.29. The van der Waals surface area contributed by atoms with Crippen molar-refractivity contribution in [3.8, 4) is 17.0 Å². The van der Waals surface area contributed by atoms with Gasteiger partial charge in [0.05, 0.1) is 5.69 Å². The Morgan fingerprint density at radius 3 is 2.61 bits per heavy atom. The standard InChI is InChI=1S/C26H19ClN4O2/c1-17-7-8-18(15-22(17)27)25-13-10-21(33-25)11-14-26(32)28-19-9-12-23-24(16-19)30-31(29-23)20-5-3-2-4-6-20/h2-16H,1H3,(H,28,32). The van der Waals surface area contributed by atoms with Gasteiger partial charge in [0.25, 0.3) is 0 Å². The second kappa shape index (κ2) is 8.76. The van der Waals surface area contributed by atoms with E-state index < -0.39 is 0 Å². The smallest absolute Gasteiger partial charge is 0.248 e. The van der Waals surface area contributed by atoms with Crippen LogP contribution in [0, 0.1) is 6.92 Å².